The second kappa shape index (κ2) is 3.80. The van der Waals surface area contributed by atoms with Gasteiger partial charge in [-0.1, -0.05) is 6.07 Å². The summed E-state index contributed by atoms with van der Waals surface area (Å²) in [5, 5.41) is 7.09. The highest BCUT2D eigenvalue weighted by molar-refractivity contribution is 5.91. The Kier molecular flexibility index (Phi) is 2.88. The first kappa shape index (κ1) is 11.4. The van der Waals surface area contributed by atoms with Gasteiger partial charge >= 0.3 is 6.18 Å². The fraction of sp³-hybridized carbons (Fsp3) is 0.222. The Morgan fingerprint density at radius 2 is 2.00 bits per heavy atom. The number of nitrogens with zero attached hydrogens (tertiary/aromatic N) is 1. The molecule has 0 aliphatic rings. The summed E-state index contributed by atoms with van der Waals surface area (Å²) in [4.78, 5) is 1.16. The number of nitrogens with one attached hydrogen (secondary N) is 1. The lowest BCUT2D eigenvalue weighted by molar-refractivity contribution is -0.137. The number of anilines is 1. The Morgan fingerprint density at radius 3 is 2.47 bits per heavy atom. The molecular weight excluding hydrogens is 207 g/mol. The van der Waals surface area contributed by atoms with Gasteiger partial charge in [0, 0.05) is 12.7 Å². The molecule has 0 saturated heterocycles. The Hall–Kier alpha value is -1.72. The first-order chi connectivity index (χ1) is 6.82. The van der Waals surface area contributed by atoms with E-state index in [0.29, 0.717) is 0 Å². The lowest BCUT2D eigenvalue weighted by Crippen LogP contribution is -2.32. The maximum Gasteiger partial charge on any atom is 0.416 e. The molecule has 3 N–H and O–H groups in total. The molecule has 0 aliphatic carbocycles. The molecule has 0 bridgehead atoms. The molecule has 0 spiro atoms. The molecule has 15 heavy (non-hydrogen) atoms. The van der Waals surface area contributed by atoms with Gasteiger partial charge in [-0.15, -0.1) is 0 Å². The van der Waals surface area contributed by atoms with Crippen molar-refractivity contribution in [3.05, 3.63) is 29.8 Å². The molecule has 6 heteroatoms. The molecule has 0 amide bonds. The standard InChI is InChI=1S/C9H10F3N3/c1-15(8(13)14)7-4-2-3-6(5-7)9(10,11)12/h2-5H,1H3,(H3,13,14). The minimum absolute atomic E-state index is 0.234. The molecule has 0 aliphatic heterocycles. The Morgan fingerprint density at radius 1 is 1.40 bits per heavy atom. The third-order valence-corrected chi connectivity index (χ3v) is 1.92. The molecule has 0 heterocycles. The molecule has 0 radical (unpaired) electrons. The van der Waals surface area contributed by atoms with Crippen molar-refractivity contribution in [2.45, 2.75) is 6.18 Å². The third kappa shape index (κ3) is 2.61. The molecule has 0 fully saturated rings. The molecule has 0 aromatic heterocycles. The van der Waals surface area contributed by atoms with Gasteiger partial charge in [0.15, 0.2) is 5.96 Å². The number of nitrogens with two attached hydrogens (primary N) is 1. The average molecular weight is 217 g/mol. The van der Waals surface area contributed by atoms with Crippen LogP contribution in [-0.2, 0) is 6.18 Å². The smallest absolute Gasteiger partial charge is 0.370 e. The molecular formula is C9H10F3N3. The summed E-state index contributed by atoms with van der Waals surface area (Å²) in [6, 6.07) is 4.65. The van der Waals surface area contributed by atoms with Gasteiger partial charge < -0.3 is 10.6 Å². The van der Waals surface area contributed by atoms with Crippen LogP contribution in [0.5, 0.6) is 0 Å². The van der Waals surface area contributed by atoms with Gasteiger partial charge in [0.25, 0.3) is 0 Å². The Balaban J connectivity index is 3.08. The monoisotopic (exact) mass is 217 g/mol. The van der Waals surface area contributed by atoms with Crippen LogP contribution < -0.4 is 10.6 Å². The van der Waals surface area contributed by atoms with Crippen LogP contribution in [0.1, 0.15) is 5.56 Å². The van der Waals surface area contributed by atoms with Crippen LogP contribution in [0, 0.1) is 5.41 Å². The van der Waals surface area contributed by atoms with E-state index in [0.717, 1.165) is 17.0 Å². The van der Waals surface area contributed by atoms with Gasteiger partial charge in [0.2, 0.25) is 0 Å². The van der Waals surface area contributed by atoms with Crippen molar-refractivity contribution in [3.8, 4) is 0 Å². The first-order valence-electron chi connectivity index (χ1n) is 4.07. The van der Waals surface area contributed by atoms with E-state index in [9.17, 15) is 13.2 Å². The summed E-state index contributed by atoms with van der Waals surface area (Å²) in [5.74, 6) is -0.311. The van der Waals surface area contributed by atoms with Crippen LogP contribution >= 0.6 is 0 Å². The molecule has 0 saturated carbocycles. The summed E-state index contributed by atoms with van der Waals surface area (Å²) >= 11 is 0. The summed E-state index contributed by atoms with van der Waals surface area (Å²) in [7, 11) is 1.43. The lowest BCUT2D eigenvalue weighted by atomic mass is 10.2. The number of benzene rings is 1. The molecule has 0 atom stereocenters. The second-order valence-electron chi connectivity index (χ2n) is 2.99. The normalized spacial score (nSPS) is 11.2. The SMILES string of the molecule is CN(C(=N)N)c1cccc(C(F)(F)F)c1. The third-order valence-electron chi connectivity index (χ3n) is 1.92. The minimum Gasteiger partial charge on any atom is -0.370 e. The zero-order valence-electron chi connectivity index (χ0n) is 7.97. The molecule has 1 aromatic rings. The first-order valence-corrected chi connectivity index (χ1v) is 4.07. The van der Waals surface area contributed by atoms with Crippen molar-refractivity contribution in [3.63, 3.8) is 0 Å². The molecule has 3 nitrogen and oxygen atoms in total. The van der Waals surface area contributed by atoms with Crippen molar-refractivity contribution in [2.75, 3.05) is 11.9 Å². The Labute approximate surface area is 84.8 Å². The molecule has 0 unspecified atom stereocenters. The van der Waals surface area contributed by atoms with E-state index in [-0.39, 0.29) is 11.6 Å². The number of halogens is 3. The van der Waals surface area contributed by atoms with Crippen molar-refractivity contribution < 1.29 is 13.2 Å². The number of hydrogen-bond acceptors (Lipinski definition) is 1. The highest BCUT2D eigenvalue weighted by atomic mass is 19.4. The summed E-state index contributed by atoms with van der Waals surface area (Å²) in [6.45, 7) is 0. The van der Waals surface area contributed by atoms with E-state index in [4.69, 9.17) is 11.1 Å². The van der Waals surface area contributed by atoms with Crippen molar-refractivity contribution in [1.29, 1.82) is 5.41 Å². The zero-order chi connectivity index (χ0) is 11.6. The van der Waals surface area contributed by atoms with Gasteiger partial charge in [-0.3, -0.25) is 5.41 Å². The van der Waals surface area contributed by atoms with Crippen molar-refractivity contribution >= 4 is 11.6 Å². The number of alkyl halides is 3. The van der Waals surface area contributed by atoms with Crippen LogP contribution in [0.15, 0.2) is 24.3 Å². The fourth-order valence-corrected chi connectivity index (χ4v) is 1.03. The summed E-state index contributed by atoms with van der Waals surface area (Å²) in [5.41, 5.74) is 4.63. The van der Waals surface area contributed by atoms with E-state index in [1.54, 1.807) is 0 Å². The molecule has 82 valence electrons. The van der Waals surface area contributed by atoms with E-state index >= 15 is 0 Å². The van der Waals surface area contributed by atoms with Crippen molar-refractivity contribution in [2.24, 2.45) is 5.73 Å². The summed E-state index contributed by atoms with van der Waals surface area (Å²) < 4.78 is 37.0. The Bertz CT molecular complexity index is 373. The molecule has 1 rings (SSSR count). The molecule has 1 aromatic carbocycles. The number of rotatable bonds is 1. The van der Waals surface area contributed by atoms with Crippen LogP contribution in [-0.4, -0.2) is 13.0 Å². The minimum atomic E-state index is -4.38. The predicted molar refractivity (Wildman–Crippen MR) is 51.8 cm³/mol. The summed E-state index contributed by atoms with van der Waals surface area (Å²) in [6.07, 6.45) is -4.38. The van der Waals surface area contributed by atoms with E-state index in [2.05, 4.69) is 0 Å². The van der Waals surface area contributed by atoms with Crippen LogP contribution in [0.25, 0.3) is 0 Å². The number of hydrogen-bond donors (Lipinski definition) is 2. The van der Waals surface area contributed by atoms with Crippen LogP contribution in [0.3, 0.4) is 0 Å². The van der Waals surface area contributed by atoms with Gasteiger partial charge in [0.1, 0.15) is 0 Å². The maximum atomic E-state index is 12.3. The predicted octanol–water partition coefficient (Wildman–Crippen LogP) is 2.04. The van der Waals surface area contributed by atoms with Crippen LogP contribution in [0.2, 0.25) is 0 Å². The lowest BCUT2D eigenvalue weighted by Gasteiger charge is -2.18. The zero-order valence-corrected chi connectivity index (χ0v) is 7.97. The highest BCUT2D eigenvalue weighted by Gasteiger charge is 2.30. The second-order valence-corrected chi connectivity index (χ2v) is 2.99. The van der Waals surface area contributed by atoms with Gasteiger partial charge in [-0.05, 0) is 18.2 Å². The van der Waals surface area contributed by atoms with E-state index in [1.807, 2.05) is 0 Å². The highest BCUT2D eigenvalue weighted by Crippen LogP contribution is 2.31. The topological polar surface area (TPSA) is 53.1 Å². The van der Waals surface area contributed by atoms with Crippen molar-refractivity contribution in [1.82, 2.24) is 0 Å². The number of guanidine groups is 1. The van der Waals surface area contributed by atoms with Gasteiger partial charge in [-0.25, -0.2) is 0 Å². The maximum absolute atomic E-state index is 12.3. The largest absolute Gasteiger partial charge is 0.416 e. The van der Waals surface area contributed by atoms with Gasteiger partial charge in [0.05, 0.1) is 5.56 Å². The van der Waals surface area contributed by atoms with Gasteiger partial charge in [-0.2, -0.15) is 13.2 Å². The van der Waals surface area contributed by atoms with Crippen LogP contribution in [0.4, 0.5) is 18.9 Å². The fourth-order valence-electron chi connectivity index (χ4n) is 1.03. The van der Waals surface area contributed by atoms with E-state index in [1.165, 1.54) is 19.2 Å². The average Bonchev–Trinajstić information content (AvgIpc) is 2.15. The quantitative estimate of drug-likeness (QED) is 0.558. The van der Waals surface area contributed by atoms with E-state index < -0.39 is 11.7 Å².